The largest absolute Gasteiger partial charge is 0.274 e. The van der Waals surface area contributed by atoms with Gasteiger partial charge in [-0.3, -0.25) is 9.63 Å². The van der Waals surface area contributed by atoms with Crippen LogP contribution in [-0.2, 0) is 9.63 Å². The molecule has 1 N–H and O–H groups in total. The molecule has 1 atom stereocenters. The van der Waals surface area contributed by atoms with Crippen LogP contribution in [-0.4, -0.2) is 12.5 Å². The predicted octanol–water partition coefficient (Wildman–Crippen LogP) is 0.850. The molecule has 12 heavy (non-hydrogen) atoms. The quantitative estimate of drug-likeness (QED) is 0.636. The van der Waals surface area contributed by atoms with Gasteiger partial charge in [0.25, 0.3) is 5.91 Å². The first-order chi connectivity index (χ1) is 5.63. The van der Waals surface area contributed by atoms with Crippen molar-refractivity contribution in [2.45, 2.75) is 20.8 Å². The molecule has 0 aromatic heterocycles. The van der Waals surface area contributed by atoms with Crippen molar-refractivity contribution in [1.82, 2.24) is 5.48 Å². The van der Waals surface area contributed by atoms with Crippen molar-refractivity contribution >= 4 is 5.91 Å². The van der Waals surface area contributed by atoms with E-state index in [4.69, 9.17) is 5.26 Å². The molecule has 0 aliphatic carbocycles. The highest BCUT2D eigenvalue weighted by Gasteiger charge is 2.21. The van der Waals surface area contributed by atoms with Crippen LogP contribution in [0.3, 0.4) is 0 Å². The maximum Gasteiger partial charge on any atom is 0.261 e. The third-order valence-corrected chi connectivity index (χ3v) is 1.41. The van der Waals surface area contributed by atoms with Crippen LogP contribution in [0.5, 0.6) is 0 Å². The second-order valence-corrected chi connectivity index (χ2v) is 2.75. The minimum atomic E-state index is -0.628. The Kier molecular flexibility index (Phi) is 5.06. The van der Waals surface area contributed by atoms with Crippen LogP contribution >= 0.6 is 0 Å². The summed E-state index contributed by atoms with van der Waals surface area (Å²) in [6, 6.07) is 1.92. The molecule has 0 saturated heterocycles. The average molecular weight is 170 g/mol. The lowest BCUT2D eigenvalue weighted by Crippen LogP contribution is -2.32. The van der Waals surface area contributed by atoms with Gasteiger partial charge in [-0.1, -0.05) is 13.8 Å². The van der Waals surface area contributed by atoms with Gasteiger partial charge in [-0.25, -0.2) is 5.48 Å². The van der Waals surface area contributed by atoms with Crippen LogP contribution in [0.15, 0.2) is 0 Å². The molecule has 0 bridgehead atoms. The van der Waals surface area contributed by atoms with E-state index >= 15 is 0 Å². The molecule has 1 unspecified atom stereocenters. The van der Waals surface area contributed by atoms with Crippen molar-refractivity contribution in [3.63, 3.8) is 0 Å². The third kappa shape index (κ3) is 3.35. The number of hydrogen-bond donors (Lipinski definition) is 1. The molecule has 4 heteroatoms. The molecule has 4 nitrogen and oxygen atoms in total. The second-order valence-electron chi connectivity index (χ2n) is 2.75. The highest BCUT2D eigenvalue weighted by Crippen LogP contribution is 2.08. The van der Waals surface area contributed by atoms with Gasteiger partial charge in [-0.15, -0.1) is 0 Å². The van der Waals surface area contributed by atoms with Gasteiger partial charge < -0.3 is 0 Å². The molecule has 0 saturated carbocycles. The number of nitrogens with one attached hydrogen (secondary N) is 1. The van der Waals surface area contributed by atoms with E-state index in [1.807, 2.05) is 19.9 Å². The molecule has 0 rings (SSSR count). The van der Waals surface area contributed by atoms with Crippen molar-refractivity contribution in [1.29, 1.82) is 5.26 Å². The van der Waals surface area contributed by atoms with Gasteiger partial charge in [0, 0.05) is 0 Å². The highest BCUT2D eigenvalue weighted by molar-refractivity contribution is 5.80. The Bertz CT molecular complexity index is 184. The number of carbonyl (C=O) groups is 1. The van der Waals surface area contributed by atoms with Crippen LogP contribution in [0.25, 0.3) is 0 Å². The second kappa shape index (κ2) is 5.56. The zero-order chi connectivity index (χ0) is 9.56. The molecule has 0 fully saturated rings. The average Bonchev–Trinajstić information content (AvgIpc) is 2.01. The highest BCUT2D eigenvalue weighted by atomic mass is 16.6. The normalized spacial score (nSPS) is 12.2. The Morgan fingerprint density at radius 1 is 1.67 bits per heavy atom. The summed E-state index contributed by atoms with van der Waals surface area (Å²) in [5.74, 6) is -0.985. The first-order valence-corrected chi connectivity index (χ1v) is 3.94. The molecule has 0 radical (unpaired) electrons. The topological polar surface area (TPSA) is 62.1 Å². The van der Waals surface area contributed by atoms with E-state index in [-0.39, 0.29) is 11.8 Å². The summed E-state index contributed by atoms with van der Waals surface area (Å²) in [6.45, 7) is 5.80. The Morgan fingerprint density at radius 3 is 2.58 bits per heavy atom. The third-order valence-electron chi connectivity index (χ3n) is 1.41. The van der Waals surface area contributed by atoms with Gasteiger partial charge in [0.05, 0.1) is 12.7 Å². The Hall–Kier alpha value is -1.08. The smallest absolute Gasteiger partial charge is 0.261 e. The summed E-state index contributed by atoms with van der Waals surface area (Å²) in [5.41, 5.74) is 2.20. The van der Waals surface area contributed by atoms with Crippen LogP contribution in [0.4, 0.5) is 0 Å². The monoisotopic (exact) mass is 170 g/mol. The molecule has 0 heterocycles. The summed E-state index contributed by atoms with van der Waals surface area (Å²) < 4.78 is 0. The standard InChI is InChI=1S/C8H14N2O2/c1-4-12-10-8(11)7(5-9)6(2)3/h6-7H,4H2,1-3H3,(H,10,11). The summed E-state index contributed by atoms with van der Waals surface area (Å²) in [6.07, 6.45) is 0. The van der Waals surface area contributed by atoms with Crippen molar-refractivity contribution in [3.05, 3.63) is 0 Å². The number of carbonyl (C=O) groups excluding carboxylic acids is 1. The van der Waals surface area contributed by atoms with Gasteiger partial charge >= 0.3 is 0 Å². The Balaban J connectivity index is 3.97. The predicted molar refractivity (Wildman–Crippen MR) is 43.7 cm³/mol. The van der Waals surface area contributed by atoms with Gasteiger partial charge in [0.1, 0.15) is 5.92 Å². The number of hydroxylamine groups is 1. The van der Waals surface area contributed by atoms with Gasteiger partial charge in [0.15, 0.2) is 0 Å². The molecule has 1 amide bonds. The van der Waals surface area contributed by atoms with Crippen molar-refractivity contribution in [2.75, 3.05) is 6.61 Å². The molecular formula is C8H14N2O2. The fraction of sp³-hybridized carbons (Fsp3) is 0.750. The number of rotatable bonds is 4. The molecule has 0 aliphatic rings. The first-order valence-electron chi connectivity index (χ1n) is 3.94. The summed E-state index contributed by atoms with van der Waals surface area (Å²) >= 11 is 0. The van der Waals surface area contributed by atoms with Gasteiger partial charge in [0.2, 0.25) is 0 Å². The molecule has 68 valence electrons. The van der Waals surface area contributed by atoms with Gasteiger partial charge in [-0.05, 0) is 12.8 Å². The number of hydrogen-bond acceptors (Lipinski definition) is 3. The first kappa shape index (κ1) is 10.9. The van der Waals surface area contributed by atoms with E-state index in [1.165, 1.54) is 0 Å². The van der Waals surface area contributed by atoms with Crippen LogP contribution in [0.2, 0.25) is 0 Å². The van der Waals surface area contributed by atoms with Crippen LogP contribution in [0.1, 0.15) is 20.8 Å². The molecule has 0 spiro atoms. The summed E-state index contributed by atoms with van der Waals surface area (Å²) in [5, 5.41) is 8.60. The molecular weight excluding hydrogens is 156 g/mol. The van der Waals surface area contributed by atoms with E-state index in [0.717, 1.165) is 0 Å². The van der Waals surface area contributed by atoms with Crippen LogP contribution in [0, 0.1) is 23.2 Å². The fourth-order valence-corrected chi connectivity index (χ4v) is 0.717. The lowest BCUT2D eigenvalue weighted by molar-refractivity contribution is -0.136. The zero-order valence-corrected chi connectivity index (χ0v) is 7.63. The number of nitrogens with zero attached hydrogens (tertiary/aromatic N) is 1. The zero-order valence-electron chi connectivity index (χ0n) is 7.63. The van der Waals surface area contributed by atoms with E-state index < -0.39 is 5.92 Å². The Labute approximate surface area is 72.5 Å². The lowest BCUT2D eigenvalue weighted by Gasteiger charge is -2.11. The van der Waals surface area contributed by atoms with Crippen molar-refractivity contribution < 1.29 is 9.63 Å². The number of amides is 1. The maximum absolute atomic E-state index is 11.1. The lowest BCUT2D eigenvalue weighted by atomic mass is 9.97. The van der Waals surface area contributed by atoms with E-state index in [1.54, 1.807) is 6.92 Å². The SMILES string of the molecule is CCONC(=O)C(C#N)C(C)C. The fourth-order valence-electron chi connectivity index (χ4n) is 0.717. The summed E-state index contributed by atoms with van der Waals surface area (Å²) in [7, 11) is 0. The summed E-state index contributed by atoms with van der Waals surface area (Å²) in [4.78, 5) is 15.8. The van der Waals surface area contributed by atoms with E-state index in [0.29, 0.717) is 6.61 Å². The minimum Gasteiger partial charge on any atom is -0.274 e. The van der Waals surface area contributed by atoms with Gasteiger partial charge in [-0.2, -0.15) is 5.26 Å². The molecule has 0 aliphatic heterocycles. The maximum atomic E-state index is 11.1. The minimum absolute atomic E-state index is 0.00968. The van der Waals surface area contributed by atoms with Crippen molar-refractivity contribution in [2.24, 2.45) is 11.8 Å². The Morgan fingerprint density at radius 2 is 2.25 bits per heavy atom. The molecule has 0 aromatic rings. The van der Waals surface area contributed by atoms with Crippen molar-refractivity contribution in [3.8, 4) is 6.07 Å². The number of nitriles is 1. The van der Waals surface area contributed by atoms with Crippen LogP contribution < -0.4 is 5.48 Å². The van der Waals surface area contributed by atoms with E-state index in [2.05, 4.69) is 10.3 Å². The van der Waals surface area contributed by atoms with E-state index in [9.17, 15) is 4.79 Å². The molecule has 0 aromatic carbocycles.